The number of hydrogen-bond donors (Lipinski definition) is 2. The number of aliphatic hydroxyl groups is 2. The smallest absolute Gasteiger partial charge is 0.276 e. The molecule has 0 aromatic heterocycles. The van der Waals surface area contributed by atoms with E-state index in [1.165, 1.54) is 6.07 Å². The van der Waals surface area contributed by atoms with Gasteiger partial charge in [-0.3, -0.25) is 9.59 Å². The van der Waals surface area contributed by atoms with Gasteiger partial charge in [0.1, 0.15) is 5.76 Å². The molecule has 114 valence electrons. The van der Waals surface area contributed by atoms with E-state index in [1.54, 1.807) is 18.2 Å². The molecule has 0 amide bonds. The molecule has 4 rings (SSSR count). The molecule has 0 bridgehead atoms. The fraction of sp³-hybridized carbons (Fsp3) is 0.412. The van der Waals surface area contributed by atoms with Gasteiger partial charge in [0.15, 0.2) is 5.78 Å². The lowest BCUT2D eigenvalue weighted by Gasteiger charge is -2.30. The van der Waals surface area contributed by atoms with Crippen molar-refractivity contribution in [2.75, 3.05) is 0 Å². The molecule has 0 saturated carbocycles. The summed E-state index contributed by atoms with van der Waals surface area (Å²) in [6, 6.07) is 6.36. The van der Waals surface area contributed by atoms with E-state index < -0.39 is 17.2 Å². The molecule has 2 unspecified atom stereocenters. The number of carbonyl (C=O) groups excluding carboxylic acids is 2. The zero-order valence-electron chi connectivity index (χ0n) is 12.3. The van der Waals surface area contributed by atoms with Crippen LogP contribution < -0.4 is 0 Å². The van der Waals surface area contributed by atoms with Crippen molar-refractivity contribution in [1.29, 1.82) is 0 Å². The Bertz CT molecular complexity index is 775. The summed E-state index contributed by atoms with van der Waals surface area (Å²) in [5.74, 6) is -3.00. The van der Waals surface area contributed by atoms with Crippen LogP contribution in [0.15, 0.2) is 35.6 Å². The fourth-order valence-electron chi connectivity index (χ4n) is 3.87. The van der Waals surface area contributed by atoms with Gasteiger partial charge in [0.05, 0.1) is 5.57 Å². The zero-order chi connectivity index (χ0) is 15.9. The number of hydrogen-bond acceptors (Lipinski definition) is 5. The Morgan fingerprint density at radius 3 is 2.50 bits per heavy atom. The lowest BCUT2D eigenvalue weighted by molar-refractivity contribution is -0.236. The average molecular weight is 300 g/mol. The summed E-state index contributed by atoms with van der Waals surface area (Å²) in [6.07, 6.45) is 0.603. The monoisotopic (exact) mass is 300 g/mol. The van der Waals surface area contributed by atoms with Gasteiger partial charge in [-0.15, -0.1) is 0 Å². The SMILES string of the molecule is CC1(C)CC(=O)C2=C(C1)OC1(O)c3ccccc3C(=O)C21O. The van der Waals surface area contributed by atoms with E-state index in [0.717, 1.165) is 0 Å². The fourth-order valence-corrected chi connectivity index (χ4v) is 3.87. The number of ketones is 2. The molecule has 2 aliphatic carbocycles. The van der Waals surface area contributed by atoms with Crippen molar-refractivity contribution in [3.63, 3.8) is 0 Å². The van der Waals surface area contributed by atoms with Crippen LogP contribution in [0, 0.1) is 5.41 Å². The molecule has 1 aromatic carbocycles. The van der Waals surface area contributed by atoms with Crippen molar-refractivity contribution in [2.24, 2.45) is 5.41 Å². The van der Waals surface area contributed by atoms with Gasteiger partial charge in [0, 0.05) is 24.0 Å². The minimum Gasteiger partial charge on any atom is -0.458 e. The van der Waals surface area contributed by atoms with Gasteiger partial charge >= 0.3 is 0 Å². The largest absolute Gasteiger partial charge is 0.458 e. The van der Waals surface area contributed by atoms with Gasteiger partial charge in [-0.1, -0.05) is 38.1 Å². The third-order valence-corrected chi connectivity index (χ3v) is 4.82. The highest BCUT2D eigenvalue weighted by molar-refractivity contribution is 6.17. The molecule has 2 N–H and O–H groups in total. The summed E-state index contributed by atoms with van der Waals surface area (Å²) in [5, 5.41) is 22.0. The maximum absolute atomic E-state index is 12.7. The van der Waals surface area contributed by atoms with Crippen LogP contribution in [0.1, 0.15) is 42.6 Å². The normalized spacial score (nSPS) is 35.1. The maximum Gasteiger partial charge on any atom is 0.276 e. The second-order valence-corrected chi connectivity index (χ2v) is 7.07. The van der Waals surface area contributed by atoms with Crippen molar-refractivity contribution in [3.8, 4) is 0 Å². The van der Waals surface area contributed by atoms with Crippen LogP contribution in [0.2, 0.25) is 0 Å². The standard InChI is InChI=1S/C17H16O5/c1-15(2)7-11(18)13-12(8-15)22-17(21)10-6-4-3-5-9(10)14(19)16(13,17)20/h3-6,20-21H,7-8H2,1-2H3. The molecule has 0 saturated heterocycles. The number of carbonyl (C=O) groups is 2. The first kappa shape index (κ1) is 13.7. The summed E-state index contributed by atoms with van der Waals surface area (Å²) < 4.78 is 5.63. The van der Waals surface area contributed by atoms with E-state index in [2.05, 4.69) is 0 Å². The predicted octanol–water partition coefficient (Wildman–Crippen LogP) is 1.43. The first-order valence-corrected chi connectivity index (χ1v) is 7.26. The van der Waals surface area contributed by atoms with E-state index in [9.17, 15) is 19.8 Å². The van der Waals surface area contributed by atoms with Gasteiger partial charge in [-0.25, -0.2) is 0 Å². The van der Waals surface area contributed by atoms with Gasteiger partial charge in [0.25, 0.3) is 5.79 Å². The molecular weight excluding hydrogens is 284 g/mol. The van der Waals surface area contributed by atoms with Crippen LogP contribution in [0.3, 0.4) is 0 Å². The Labute approximate surface area is 127 Å². The quantitative estimate of drug-likeness (QED) is 0.757. The molecule has 5 heteroatoms. The number of benzene rings is 1. The van der Waals surface area contributed by atoms with E-state index in [-0.39, 0.29) is 40.1 Å². The van der Waals surface area contributed by atoms with Crippen LogP contribution >= 0.6 is 0 Å². The summed E-state index contributed by atoms with van der Waals surface area (Å²) >= 11 is 0. The molecule has 22 heavy (non-hydrogen) atoms. The van der Waals surface area contributed by atoms with Crippen molar-refractivity contribution in [2.45, 2.75) is 38.1 Å². The highest BCUT2D eigenvalue weighted by atomic mass is 16.7. The second kappa shape index (κ2) is 3.67. The molecule has 3 aliphatic rings. The molecule has 1 aromatic rings. The highest BCUT2D eigenvalue weighted by Crippen LogP contribution is 2.58. The van der Waals surface area contributed by atoms with Crippen LogP contribution in [0.5, 0.6) is 0 Å². The first-order chi connectivity index (χ1) is 10.2. The summed E-state index contributed by atoms with van der Waals surface area (Å²) in [7, 11) is 0. The Hall–Kier alpha value is -1.98. The van der Waals surface area contributed by atoms with Crippen LogP contribution in [0.25, 0.3) is 0 Å². The Morgan fingerprint density at radius 1 is 1.09 bits per heavy atom. The second-order valence-electron chi connectivity index (χ2n) is 7.07. The maximum atomic E-state index is 12.7. The topological polar surface area (TPSA) is 83.8 Å². The number of rotatable bonds is 0. The minimum absolute atomic E-state index is 0.0736. The van der Waals surface area contributed by atoms with E-state index in [1.807, 2.05) is 13.8 Å². The third kappa shape index (κ3) is 1.31. The molecule has 0 spiro atoms. The van der Waals surface area contributed by atoms with E-state index >= 15 is 0 Å². The molecular formula is C17H16O5. The third-order valence-electron chi connectivity index (χ3n) is 4.82. The summed E-state index contributed by atoms with van der Waals surface area (Å²) in [5.41, 5.74) is -2.33. The van der Waals surface area contributed by atoms with Gasteiger partial charge in [-0.2, -0.15) is 0 Å². The summed E-state index contributed by atoms with van der Waals surface area (Å²) in [6.45, 7) is 3.83. The Morgan fingerprint density at radius 2 is 1.77 bits per heavy atom. The van der Waals surface area contributed by atoms with Crippen molar-refractivity contribution < 1.29 is 24.5 Å². The average Bonchev–Trinajstić information content (AvgIpc) is 2.74. The molecule has 0 radical (unpaired) electrons. The van der Waals surface area contributed by atoms with Gasteiger partial charge in [0.2, 0.25) is 11.4 Å². The van der Waals surface area contributed by atoms with Gasteiger partial charge < -0.3 is 14.9 Å². The molecule has 1 heterocycles. The predicted molar refractivity (Wildman–Crippen MR) is 75.8 cm³/mol. The van der Waals surface area contributed by atoms with Crippen LogP contribution in [0.4, 0.5) is 0 Å². The van der Waals surface area contributed by atoms with Crippen molar-refractivity contribution >= 4 is 11.6 Å². The van der Waals surface area contributed by atoms with Crippen LogP contribution in [-0.2, 0) is 15.3 Å². The molecule has 0 fully saturated rings. The lowest BCUT2D eigenvalue weighted by atomic mass is 9.72. The first-order valence-electron chi connectivity index (χ1n) is 7.26. The van der Waals surface area contributed by atoms with Crippen molar-refractivity contribution in [1.82, 2.24) is 0 Å². The lowest BCUT2D eigenvalue weighted by Crippen LogP contribution is -2.52. The number of allylic oxidation sites excluding steroid dienone is 1. The zero-order valence-corrected chi connectivity index (χ0v) is 12.3. The van der Waals surface area contributed by atoms with E-state index in [4.69, 9.17) is 4.74 Å². The Kier molecular flexibility index (Phi) is 2.28. The van der Waals surface area contributed by atoms with E-state index in [0.29, 0.717) is 6.42 Å². The summed E-state index contributed by atoms with van der Waals surface area (Å²) in [4.78, 5) is 25.2. The van der Waals surface area contributed by atoms with Crippen LogP contribution in [-0.4, -0.2) is 27.4 Å². The van der Waals surface area contributed by atoms with Gasteiger partial charge in [-0.05, 0) is 5.41 Å². The highest BCUT2D eigenvalue weighted by Gasteiger charge is 2.73. The molecule has 2 atom stereocenters. The number of ether oxygens (including phenoxy) is 1. The Balaban J connectivity index is 1.96. The molecule has 1 aliphatic heterocycles. The minimum atomic E-state index is -2.33. The molecule has 5 nitrogen and oxygen atoms in total. The number of fused-ring (bicyclic) bond motifs is 4. The number of Topliss-reactive ketones (excluding diaryl/α,β-unsaturated/α-hetero) is 2. The van der Waals surface area contributed by atoms with Crippen molar-refractivity contribution in [3.05, 3.63) is 46.7 Å².